The predicted molar refractivity (Wildman–Crippen MR) is 55.0 cm³/mol. The lowest BCUT2D eigenvalue weighted by Crippen LogP contribution is -2.41. The molecule has 1 aliphatic rings. The van der Waals surface area contributed by atoms with E-state index in [0.29, 0.717) is 13.0 Å². The van der Waals surface area contributed by atoms with Gasteiger partial charge in [-0.15, -0.1) is 0 Å². The fraction of sp³-hybridized carbons (Fsp3) is 0.364. The van der Waals surface area contributed by atoms with E-state index in [4.69, 9.17) is 9.84 Å². The van der Waals surface area contributed by atoms with E-state index in [9.17, 15) is 4.79 Å². The standard InChI is InChI=1S/C11H13NO3/c1-15-9-3-2-7-6-12-10(11(13)14)5-8(7)4-9/h2-4,10,12H,5-6H2,1H3,(H,13,14)/t10-/m0/s1. The third-order valence-electron chi connectivity index (χ3n) is 2.67. The highest BCUT2D eigenvalue weighted by atomic mass is 16.5. The zero-order chi connectivity index (χ0) is 10.8. The third kappa shape index (κ3) is 1.94. The largest absolute Gasteiger partial charge is 0.497 e. The average Bonchev–Trinajstić information content (AvgIpc) is 2.27. The van der Waals surface area contributed by atoms with Crippen LogP contribution in [0.1, 0.15) is 11.1 Å². The minimum absolute atomic E-state index is 0.482. The van der Waals surface area contributed by atoms with Gasteiger partial charge in [0.2, 0.25) is 0 Å². The zero-order valence-corrected chi connectivity index (χ0v) is 8.49. The molecule has 0 aromatic heterocycles. The molecule has 0 amide bonds. The minimum atomic E-state index is -0.802. The Morgan fingerprint density at radius 2 is 2.33 bits per heavy atom. The zero-order valence-electron chi connectivity index (χ0n) is 8.49. The summed E-state index contributed by atoms with van der Waals surface area (Å²) in [5.74, 6) is -0.0248. The monoisotopic (exact) mass is 207 g/mol. The molecule has 0 spiro atoms. The smallest absolute Gasteiger partial charge is 0.321 e. The van der Waals surface area contributed by atoms with Crippen molar-refractivity contribution in [1.29, 1.82) is 0 Å². The number of carboxylic acids is 1. The van der Waals surface area contributed by atoms with Crippen LogP contribution < -0.4 is 10.1 Å². The lowest BCUT2D eigenvalue weighted by Gasteiger charge is -2.23. The molecule has 1 aromatic carbocycles. The van der Waals surface area contributed by atoms with Gasteiger partial charge in [-0.2, -0.15) is 0 Å². The maximum absolute atomic E-state index is 10.8. The highest BCUT2D eigenvalue weighted by molar-refractivity contribution is 5.74. The lowest BCUT2D eigenvalue weighted by molar-refractivity contribution is -0.139. The van der Waals surface area contributed by atoms with Gasteiger partial charge in [-0.25, -0.2) is 0 Å². The number of rotatable bonds is 2. The number of nitrogens with one attached hydrogen (secondary N) is 1. The topological polar surface area (TPSA) is 58.6 Å². The molecule has 4 heteroatoms. The predicted octanol–water partition coefficient (Wildman–Crippen LogP) is 0.794. The molecule has 1 aliphatic heterocycles. The Morgan fingerprint density at radius 1 is 1.53 bits per heavy atom. The number of carboxylic acid groups (broad SMARTS) is 1. The summed E-state index contributed by atoms with van der Waals surface area (Å²) in [4.78, 5) is 10.8. The normalized spacial score (nSPS) is 19.4. The molecule has 0 unspecified atom stereocenters. The maximum Gasteiger partial charge on any atom is 0.321 e. The molecule has 0 aliphatic carbocycles. The summed E-state index contributed by atoms with van der Waals surface area (Å²) in [6.07, 6.45) is 0.516. The number of hydrogen-bond acceptors (Lipinski definition) is 3. The molecule has 15 heavy (non-hydrogen) atoms. The van der Waals surface area contributed by atoms with Crippen LogP contribution >= 0.6 is 0 Å². The summed E-state index contributed by atoms with van der Waals surface area (Å²) in [5.41, 5.74) is 2.20. The van der Waals surface area contributed by atoms with Crippen molar-refractivity contribution in [2.45, 2.75) is 19.0 Å². The highest BCUT2D eigenvalue weighted by Gasteiger charge is 2.23. The molecular weight excluding hydrogens is 194 g/mol. The first-order valence-corrected chi connectivity index (χ1v) is 4.82. The van der Waals surface area contributed by atoms with Gasteiger partial charge in [0, 0.05) is 6.54 Å². The fourth-order valence-electron chi connectivity index (χ4n) is 1.79. The van der Waals surface area contributed by atoms with E-state index in [2.05, 4.69) is 5.32 Å². The van der Waals surface area contributed by atoms with Gasteiger partial charge in [0.1, 0.15) is 11.8 Å². The molecule has 4 nitrogen and oxygen atoms in total. The summed E-state index contributed by atoms with van der Waals surface area (Å²) in [7, 11) is 1.61. The molecular formula is C11H13NO3. The first kappa shape index (κ1) is 9.98. The van der Waals surface area contributed by atoms with Gasteiger partial charge in [0.25, 0.3) is 0 Å². The van der Waals surface area contributed by atoms with Crippen molar-refractivity contribution in [3.05, 3.63) is 29.3 Å². The number of carbonyl (C=O) groups is 1. The first-order chi connectivity index (χ1) is 7.20. The Bertz CT molecular complexity index is 389. The van der Waals surface area contributed by atoms with Crippen LogP contribution in [-0.4, -0.2) is 24.2 Å². The van der Waals surface area contributed by atoms with E-state index in [0.717, 1.165) is 16.9 Å². The number of fused-ring (bicyclic) bond motifs is 1. The van der Waals surface area contributed by atoms with Gasteiger partial charge < -0.3 is 15.2 Å². The van der Waals surface area contributed by atoms with Crippen LogP contribution in [0.25, 0.3) is 0 Å². The van der Waals surface area contributed by atoms with E-state index in [-0.39, 0.29) is 0 Å². The van der Waals surface area contributed by atoms with Gasteiger partial charge in [-0.05, 0) is 29.7 Å². The summed E-state index contributed by atoms with van der Waals surface area (Å²) in [5, 5.41) is 11.9. The third-order valence-corrected chi connectivity index (χ3v) is 2.67. The van der Waals surface area contributed by atoms with E-state index in [1.165, 1.54) is 0 Å². The minimum Gasteiger partial charge on any atom is -0.497 e. The molecule has 0 saturated carbocycles. The number of benzene rings is 1. The summed E-state index contributed by atoms with van der Waals surface area (Å²) in [6.45, 7) is 0.607. The molecule has 0 saturated heterocycles. The molecule has 1 atom stereocenters. The molecule has 2 rings (SSSR count). The van der Waals surface area contributed by atoms with Crippen LogP contribution in [0.3, 0.4) is 0 Å². The Morgan fingerprint density at radius 3 is 3.00 bits per heavy atom. The van der Waals surface area contributed by atoms with Crippen molar-refractivity contribution < 1.29 is 14.6 Å². The fourth-order valence-corrected chi connectivity index (χ4v) is 1.79. The van der Waals surface area contributed by atoms with Crippen molar-refractivity contribution in [2.24, 2.45) is 0 Å². The van der Waals surface area contributed by atoms with Gasteiger partial charge in [0.05, 0.1) is 7.11 Å². The molecule has 1 heterocycles. The van der Waals surface area contributed by atoms with E-state index < -0.39 is 12.0 Å². The Kier molecular flexibility index (Phi) is 2.60. The Hall–Kier alpha value is -1.55. The quantitative estimate of drug-likeness (QED) is 0.753. The number of aliphatic carboxylic acids is 1. The maximum atomic E-state index is 10.8. The molecule has 0 bridgehead atoms. The second kappa shape index (κ2) is 3.90. The second-order valence-corrected chi connectivity index (χ2v) is 3.61. The average molecular weight is 207 g/mol. The SMILES string of the molecule is COc1ccc2c(c1)C[C@@H](C(=O)O)NC2. The summed E-state index contributed by atoms with van der Waals surface area (Å²) in [6, 6.07) is 5.29. The molecule has 2 N–H and O–H groups in total. The van der Waals surface area contributed by atoms with Crippen LogP contribution in [0.2, 0.25) is 0 Å². The number of methoxy groups -OCH3 is 1. The Balaban J connectivity index is 2.27. The van der Waals surface area contributed by atoms with Crippen molar-refractivity contribution in [1.82, 2.24) is 5.32 Å². The summed E-state index contributed by atoms with van der Waals surface area (Å²) < 4.78 is 5.11. The molecule has 0 radical (unpaired) electrons. The van der Waals surface area contributed by atoms with Gasteiger partial charge in [-0.1, -0.05) is 6.07 Å². The van der Waals surface area contributed by atoms with Crippen LogP contribution in [-0.2, 0) is 17.8 Å². The number of hydrogen-bond donors (Lipinski definition) is 2. The molecule has 0 fully saturated rings. The van der Waals surface area contributed by atoms with Crippen LogP contribution in [0.5, 0.6) is 5.75 Å². The van der Waals surface area contributed by atoms with Crippen molar-refractivity contribution >= 4 is 5.97 Å². The van der Waals surface area contributed by atoms with Crippen molar-refractivity contribution in [3.63, 3.8) is 0 Å². The molecule has 1 aromatic rings. The van der Waals surface area contributed by atoms with Gasteiger partial charge in [-0.3, -0.25) is 4.79 Å². The molecule has 80 valence electrons. The van der Waals surface area contributed by atoms with Crippen molar-refractivity contribution in [3.8, 4) is 5.75 Å². The summed E-state index contributed by atoms with van der Waals surface area (Å²) >= 11 is 0. The second-order valence-electron chi connectivity index (χ2n) is 3.61. The van der Waals surface area contributed by atoms with Crippen LogP contribution in [0.4, 0.5) is 0 Å². The lowest BCUT2D eigenvalue weighted by atomic mass is 9.96. The number of ether oxygens (including phenoxy) is 1. The van der Waals surface area contributed by atoms with Crippen LogP contribution in [0, 0.1) is 0 Å². The van der Waals surface area contributed by atoms with E-state index in [1.54, 1.807) is 7.11 Å². The van der Waals surface area contributed by atoms with Crippen molar-refractivity contribution in [2.75, 3.05) is 7.11 Å². The van der Waals surface area contributed by atoms with E-state index >= 15 is 0 Å². The van der Waals surface area contributed by atoms with E-state index in [1.807, 2.05) is 18.2 Å². The van der Waals surface area contributed by atoms with Gasteiger partial charge in [0.15, 0.2) is 0 Å². The van der Waals surface area contributed by atoms with Crippen LogP contribution in [0.15, 0.2) is 18.2 Å². The van der Waals surface area contributed by atoms with Gasteiger partial charge >= 0.3 is 5.97 Å². The first-order valence-electron chi connectivity index (χ1n) is 4.82. The highest BCUT2D eigenvalue weighted by Crippen LogP contribution is 2.22. The Labute approximate surface area is 87.9 Å².